The molecule has 0 unspecified atom stereocenters. The Kier molecular flexibility index (Phi) is 23.1. The van der Waals surface area contributed by atoms with Gasteiger partial charge in [0.2, 0.25) is 0 Å². The molecule has 10 heteroatoms. The predicted octanol–water partition coefficient (Wildman–Crippen LogP) is 13.2. The van der Waals surface area contributed by atoms with Crippen LogP contribution in [0.1, 0.15) is 158 Å². The molecule has 0 atom stereocenters. The van der Waals surface area contributed by atoms with Crippen molar-refractivity contribution in [3.8, 4) is 11.5 Å². The number of hydrogen-bond donors (Lipinski definition) is 4. The van der Waals surface area contributed by atoms with Crippen LogP contribution in [-0.4, -0.2) is 83.5 Å². The van der Waals surface area contributed by atoms with Crippen LogP contribution in [0.5, 0.6) is 11.5 Å². The van der Waals surface area contributed by atoms with Crippen molar-refractivity contribution in [3.05, 3.63) is 201 Å². The number of carbonyl (C=O) groups excluding carboxylic acids is 2. The SMILES string of the molecule is CC(C)(C)c1cc(C=NCCN=Cc2cc(C(C)(C)C)cc(CN(CCCCCCNC(=O)c3ccccc3)Cc3ccccc3)c2O)c(O)c(CN(CCCCCCNC(=O)c2ccccc2)Cc2ccccc2)c1. The first-order chi connectivity index (χ1) is 36.6. The van der Waals surface area contributed by atoms with Crippen LogP contribution in [0.3, 0.4) is 0 Å². The Bertz CT molecular complexity index is 2560. The second kappa shape index (κ2) is 30.0. The molecule has 0 saturated carbocycles. The number of phenolic OH excluding ortho intramolecular Hbond substituents is 2. The minimum Gasteiger partial charge on any atom is -0.507 e. The molecule has 0 aliphatic carbocycles. The molecular weight excluding hydrogens is 941 g/mol. The van der Waals surface area contributed by atoms with Crippen LogP contribution < -0.4 is 10.6 Å². The lowest BCUT2D eigenvalue weighted by Crippen LogP contribution is -2.25. The average molecular weight is 1030 g/mol. The van der Waals surface area contributed by atoms with E-state index in [1.807, 2.05) is 72.8 Å². The van der Waals surface area contributed by atoms with Crippen molar-refractivity contribution < 1.29 is 19.8 Å². The van der Waals surface area contributed by atoms with Crippen molar-refractivity contribution in [2.75, 3.05) is 39.3 Å². The minimum absolute atomic E-state index is 0.0316. The highest BCUT2D eigenvalue weighted by Crippen LogP contribution is 2.33. The Morgan fingerprint density at radius 1 is 0.461 bits per heavy atom. The van der Waals surface area contributed by atoms with Gasteiger partial charge in [-0.3, -0.25) is 29.4 Å². The van der Waals surface area contributed by atoms with Crippen LogP contribution in [-0.2, 0) is 37.0 Å². The molecule has 6 rings (SSSR count). The van der Waals surface area contributed by atoms with Crippen molar-refractivity contribution in [3.63, 3.8) is 0 Å². The Morgan fingerprint density at radius 2 is 0.803 bits per heavy atom. The summed E-state index contributed by atoms with van der Waals surface area (Å²) >= 11 is 0. The highest BCUT2D eigenvalue weighted by Gasteiger charge is 2.22. The number of nitrogens with one attached hydrogen (secondary N) is 2. The van der Waals surface area contributed by atoms with Gasteiger partial charge in [-0.25, -0.2) is 0 Å². The lowest BCUT2D eigenvalue weighted by Gasteiger charge is -2.26. The zero-order valence-electron chi connectivity index (χ0n) is 46.2. The van der Waals surface area contributed by atoms with Crippen molar-refractivity contribution in [1.29, 1.82) is 0 Å². The van der Waals surface area contributed by atoms with E-state index >= 15 is 0 Å². The molecule has 4 N–H and O–H groups in total. The molecule has 76 heavy (non-hydrogen) atoms. The number of benzene rings is 6. The van der Waals surface area contributed by atoms with Crippen LogP contribution >= 0.6 is 0 Å². The van der Waals surface area contributed by atoms with Gasteiger partial charge in [-0.15, -0.1) is 0 Å². The predicted molar refractivity (Wildman–Crippen MR) is 314 cm³/mol. The molecule has 0 bridgehead atoms. The fraction of sp³-hybridized carbons (Fsp3) is 0.394. The zero-order valence-corrected chi connectivity index (χ0v) is 46.2. The molecular formula is C66H84N6O4. The summed E-state index contributed by atoms with van der Waals surface area (Å²) in [5, 5.41) is 29.8. The molecule has 0 radical (unpaired) electrons. The Morgan fingerprint density at radius 3 is 1.16 bits per heavy atom. The minimum atomic E-state index is -0.152. The fourth-order valence-corrected chi connectivity index (χ4v) is 9.19. The third-order valence-electron chi connectivity index (χ3n) is 13.7. The van der Waals surface area contributed by atoms with Crippen LogP contribution in [0.15, 0.2) is 156 Å². The Labute approximate surface area is 454 Å². The monoisotopic (exact) mass is 1020 g/mol. The van der Waals surface area contributed by atoms with Gasteiger partial charge >= 0.3 is 0 Å². The number of phenols is 2. The van der Waals surface area contributed by atoms with Gasteiger partial charge in [0.05, 0.1) is 13.1 Å². The summed E-state index contributed by atoms with van der Waals surface area (Å²) in [6, 6.07) is 48.1. The van der Waals surface area contributed by atoms with Gasteiger partial charge < -0.3 is 20.8 Å². The second-order valence-corrected chi connectivity index (χ2v) is 22.2. The molecule has 0 fully saturated rings. The zero-order chi connectivity index (χ0) is 54.2. The maximum absolute atomic E-state index is 12.5. The first-order valence-corrected chi connectivity index (χ1v) is 27.6. The van der Waals surface area contributed by atoms with E-state index in [1.165, 1.54) is 11.1 Å². The fourth-order valence-electron chi connectivity index (χ4n) is 9.19. The van der Waals surface area contributed by atoms with Gasteiger partial charge in [0.1, 0.15) is 11.5 Å². The summed E-state index contributed by atoms with van der Waals surface area (Å²) in [5.74, 6) is 0.427. The van der Waals surface area contributed by atoms with Crippen molar-refractivity contribution in [2.45, 2.75) is 130 Å². The number of carbonyl (C=O) groups is 2. The van der Waals surface area contributed by atoms with E-state index in [0.29, 0.717) is 61.5 Å². The molecule has 2 amide bonds. The van der Waals surface area contributed by atoms with Crippen molar-refractivity contribution >= 4 is 24.2 Å². The number of nitrogens with zero attached hydrogens (tertiary/aromatic N) is 4. The quantitative estimate of drug-likeness (QED) is 0.0273. The summed E-state index contributed by atoms with van der Waals surface area (Å²) in [5.41, 5.74) is 8.91. The first-order valence-electron chi connectivity index (χ1n) is 27.6. The summed E-state index contributed by atoms with van der Waals surface area (Å²) in [4.78, 5) is 39.4. The van der Waals surface area contributed by atoms with E-state index in [2.05, 4.69) is 135 Å². The van der Waals surface area contributed by atoms with Crippen LogP contribution in [0, 0.1) is 0 Å². The second-order valence-electron chi connectivity index (χ2n) is 22.2. The molecule has 6 aromatic rings. The molecule has 0 aromatic heterocycles. The smallest absolute Gasteiger partial charge is 0.251 e. The standard InChI is InChI=1S/C66H84N6O4/c1-65(2,3)59-41-55(61(73)57(43-59)49-71(47-51-27-15-11-16-28-51)39-25-9-7-23-35-69-63(75)53-31-19-13-20-32-53)45-67-37-38-68-46-56-42-60(66(4,5)6)44-58(62(56)74)50-72(48-52-29-17-12-18-30-52)40-26-10-8-24-36-70-64(76)54-33-21-14-22-34-54/h11-22,27-34,41-46,73-74H,7-10,23-26,35-40,47-50H2,1-6H3,(H,69,75)(H,70,76). The summed E-state index contributed by atoms with van der Waals surface area (Å²) in [6.45, 7) is 19.7. The van der Waals surface area contributed by atoms with E-state index in [1.54, 1.807) is 12.4 Å². The summed E-state index contributed by atoms with van der Waals surface area (Å²) in [7, 11) is 0. The molecule has 10 nitrogen and oxygen atoms in total. The van der Waals surface area contributed by atoms with Gasteiger partial charge in [0.25, 0.3) is 11.8 Å². The number of unbranched alkanes of at least 4 members (excludes halogenated alkanes) is 6. The number of aromatic hydroxyl groups is 2. The highest BCUT2D eigenvalue weighted by molar-refractivity contribution is 5.94. The number of aliphatic imine (C=N–C) groups is 2. The van der Waals surface area contributed by atoms with E-state index in [9.17, 15) is 19.8 Å². The topological polar surface area (TPSA) is 130 Å². The van der Waals surface area contributed by atoms with E-state index < -0.39 is 0 Å². The van der Waals surface area contributed by atoms with Gasteiger partial charge in [0.15, 0.2) is 0 Å². The molecule has 0 heterocycles. The third-order valence-corrected chi connectivity index (χ3v) is 13.7. The average Bonchev–Trinajstić information content (AvgIpc) is 3.41. The third kappa shape index (κ3) is 19.7. The van der Waals surface area contributed by atoms with E-state index in [4.69, 9.17) is 9.98 Å². The maximum atomic E-state index is 12.5. The lowest BCUT2D eigenvalue weighted by molar-refractivity contribution is 0.0944. The Hall–Kier alpha value is -6.88. The van der Waals surface area contributed by atoms with Crippen LogP contribution in [0.2, 0.25) is 0 Å². The van der Waals surface area contributed by atoms with E-state index in [0.717, 1.165) is 99.8 Å². The van der Waals surface area contributed by atoms with Gasteiger partial charge in [0, 0.05) is 85.1 Å². The largest absolute Gasteiger partial charge is 0.507 e. The lowest BCUT2D eigenvalue weighted by atomic mass is 9.84. The maximum Gasteiger partial charge on any atom is 0.251 e. The van der Waals surface area contributed by atoms with Crippen molar-refractivity contribution in [1.82, 2.24) is 20.4 Å². The number of amides is 2. The first kappa shape index (κ1) is 58.4. The van der Waals surface area contributed by atoms with Gasteiger partial charge in [-0.05, 0) is 108 Å². The molecule has 0 aliphatic rings. The summed E-state index contributed by atoms with van der Waals surface area (Å²) < 4.78 is 0. The van der Waals surface area contributed by atoms with E-state index in [-0.39, 0.29) is 34.1 Å². The van der Waals surface area contributed by atoms with Gasteiger partial charge in [-0.1, -0.05) is 176 Å². The highest BCUT2D eigenvalue weighted by atomic mass is 16.3. The Balaban J connectivity index is 1.07. The number of rotatable bonds is 29. The molecule has 0 spiro atoms. The van der Waals surface area contributed by atoms with Gasteiger partial charge in [-0.2, -0.15) is 0 Å². The van der Waals surface area contributed by atoms with Crippen molar-refractivity contribution in [2.24, 2.45) is 9.98 Å². The normalized spacial score (nSPS) is 12.1. The summed E-state index contributed by atoms with van der Waals surface area (Å²) in [6.07, 6.45) is 11.5. The molecule has 6 aromatic carbocycles. The van der Waals surface area contributed by atoms with Crippen LogP contribution in [0.25, 0.3) is 0 Å². The number of hydrogen-bond acceptors (Lipinski definition) is 8. The molecule has 0 aliphatic heterocycles. The van der Waals surface area contributed by atoms with Crippen LogP contribution in [0.4, 0.5) is 0 Å². The molecule has 0 saturated heterocycles. The molecule has 402 valence electrons.